The fraction of sp³-hybridized carbons (Fsp3) is 0.435. The van der Waals surface area contributed by atoms with Crippen molar-refractivity contribution in [3.05, 3.63) is 54.8 Å². The second kappa shape index (κ2) is 11.4. The fourth-order valence-electron chi connectivity index (χ4n) is 3.15. The number of pyridine rings is 1. The first kappa shape index (κ1) is 25.7. The quantitative estimate of drug-likeness (QED) is 0.384. The Morgan fingerprint density at radius 1 is 1.25 bits per heavy atom. The van der Waals surface area contributed by atoms with Crippen LogP contribution in [0, 0.1) is 18.3 Å². The SMILES string of the molecule is CCCOc1c(Cl)cc(C(=O)c2c(C)c(C#N)c(=O)n(CCCOC(C)C)c2O)cc1Cl. The van der Waals surface area contributed by atoms with Crippen LogP contribution in [-0.4, -0.2) is 34.8 Å². The van der Waals surface area contributed by atoms with Gasteiger partial charge in [0, 0.05) is 18.7 Å². The lowest BCUT2D eigenvalue weighted by Gasteiger charge is -2.17. The topological polar surface area (TPSA) is 102 Å². The van der Waals surface area contributed by atoms with Crippen molar-refractivity contribution in [2.75, 3.05) is 13.2 Å². The van der Waals surface area contributed by atoms with Crippen LogP contribution < -0.4 is 10.3 Å². The Hall–Kier alpha value is -2.53. The number of aromatic nitrogens is 1. The number of nitriles is 1. The minimum Gasteiger partial charge on any atom is -0.494 e. The van der Waals surface area contributed by atoms with Gasteiger partial charge >= 0.3 is 0 Å². The molecule has 0 spiro atoms. The molecule has 0 saturated heterocycles. The van der Waals surface area contributed by atoms with Crippen LogP contribution in [0.1, 0.15) is 60.7 Å². The normalized spacial score (nSPS) is 10.9. The minimum absolute atomic E-state index is 0.0175. The van der Waals surface area contributed by atoms with E-state index < -0.39 is 17.2 Å². The molecule has 0 radical (unpaired) electrons. The summed E-state index contributed by atoms with van der Waals surface area (Å²) in [5.74, 6) is -0.866. The maximum Gasteiger partial charge on any atom is 0.271 e. The monoisotopic (exact) mass is 480 g/mol. The van der Waals surface area contributed by atoms with E-state index in [0.29, 0.717) is 19.6 Å². The number of rotatable bonds is 10. The van der Waals surface area contributed by atoms with Gasteiger partial charge in [-0.25, -0.2) is 0 Å². The Balaban J connectivity index is 2.52. The van der Waals surface area contributed by atoms with E-state index in [9.17, 15) is 20.0 Å². The van der Waals surface area contributed by atoms with Gasteiger partial charge in [0.2, 0.25) is 5.88 Å². The predicted octanol–water partition coefficient (Wildman–Crippen LogP) is 4.88. The number of aromatic hydroxyl groups is 1. The molecule has 2 rings (SSSR count). The van der Waals surface area contributed by atoms with Gasteiger partial charge in [-0.2, -0.15) is 5.26 Å². The molecule has 0 unspecified atom stereocenters. The Morgan fingerprint density at radius 3 is 2.41 bits per heavy atom. The first-order chi connectivity index (χ1) is 15.1. The summed E-state index contributed by atoms with van der Waals surface area (Å²) in [5.41, 5.74) is -0.841. The van der Waals surface area contributed by atoms with Crippen molar-refractivity contribution in [1.29, 1.82) is 5.26 Å². The summed E-state index contributed by atoms with van der Waals surface area (Å²) >= 11 is 12.5. The van der Waals surface area contributed by atoms with Crippen LogP contribution in [-0.2, 0) is 11.3 Å². The first-order valence-corrected chi connectivity index (χ1v) is 11.0. The molecule has 0 atom stereocenters. The lowest BCUT2D eigenvalue weighted by molar-refractivity contribution is 0.0743. The summed E-state index contributed by atoms with van der Waals surface area (Å²) in [6.45, 7) is 7.99. The molecule has 172 valence electrons. The highest BCUT2D eigenvalue weighted by Gasteiger charge is 2.26. The molecule has 0 aliphatic rings. The maximum absolute atomic E-state index is 13.3. The average molecular weight is 481 g/mol. The van der Waals surface area contributed by atoms with E-state index >= 15 is 0 Å². The molecule has 0 saturated carbocycles. The third-order valence-electron chi connectivity index (χ3n) is 4.72. The third-order valence-corrected chi connectivity index (χ3v) is 5.28. The highest BCUT2D eigenvalue weighted by molar-refractivity contribution is 6.38. The van der Waals surface area contributed by atoms with Gasteiger partial charge in [0.05, 0.1) is 28.3 Å². The van der Waals surface area contributed by atoms with E-state index in [4.69, 9.17) is 32.7 Å². The molecule has 0 aliphatic heterocycles. The Bertz CT molecular complexity index is 1080. The number of hydrogen-bond acceptors (Lipinski definition) is 6. The number of hydrogen-bond donors (Lipinski definition) is 1. The number of halogens is 2. The molecule has 0 bridgehead atoms. The molecule has 1 aromatic heterocycles. The second-order valence-electron chi connectivity index (χ2n) is 7.49. The summed E-state index contributed by atoms with van der Waals surface area (Å²) in [4.78, 5) is 26.0. The molecule has 2 aromatic rings. The molecule has 32 heavy (non-hydrogen) atoms. The number of carbonyl (C=O) groups is 1. The van der Waals surface area contributed by atoms with Crippen LogP contribution >= 0.6 is 23.2 Å². The van der Waals surface area contributed by atoms with Crippen molar-refractivity contribution in [3.8, 4) is 17.7 Å². The minimum atomic E-state index is -0.664. The summed E-state index contributed by atoms with van der Waals surface area (Å²) < 4.78 is 12.0. The standard InChI is InChI=1S/C23H26Cl2N2O5/c1-5-8-32-21-17(24)10-15(11-18(21)25)20(28)19-14(4)16(12-26)22(29)27(23(19)30)7-6-9-31-13(2)3/h10-11,13,30H,5-9H2,1-4H3. The first-order valence-electron chi connectivity index (χ1n) is 10.3. The van der Waals surface area contributed by atoms with Crippen molar-refractivity contribution >= 4 is 29.0 Å². The highest BCUT2D eigenvalue weighted by atomic mass is 35.5. The number of carbonyl (C=O) groups excluding carboxylic acids is 1. The number of ketones is 1. The van der Waals surface area contributed by atoms with Gasteiger partial charge < -0.3 is 14.6 Å². The molecule has 0 amide bonds. The predicted molar refractivity (Wildman–Crippen MR) is 123 cm³/mol. The molecule has 7 nitrogen and oxygen atoms in total. The zero-order chi connectivity index (χ0) is 24.0. The maximum atomic E-state index is 13.3. The molecule has 1 heterocycles. The van der Waals surface area contributed by atoms with Crippen molar-refractivity contribution < 1.29 is 19.4 Å². The lowest BCUT2D eigenvalue weighted by atomic mass is 9.97. The Kier molecular flexibility index (Phi) is 9.14. The molecule has 0 aliphatic carbocycles. The van der Waals surface area contributed by atoms with Crippen molar-refractivity contribution in [2.45, 2.75) is 53.2 Å². The average Bonchev–Trinajstić information content (AvgIpc) is 2.72. The number of benzene rings is 1. The second-order valence-corrected chi connectivity index (χ2v) is 8.30. The van der Waals surface area contributed by atoms with Crippen molar-refractivity contribution in [1.82, 2.24) is 4.57 Å². The Morgan fingerprint density at radius 2 is 1.88 bits per heavy atom. The zero-order valence-corrected chi connectivity index (χ0v) is 20.0. The van der Waals surface area contributed by atoms with Crippen molar-refractivity contribution in [3.63, 3.8) is 0 Å². The van der Waals surface area contributed by atoms with Crippen LogP contribution in [0.5, 0.6) is 11.6 Å². The summed E-state index contributed by atoms with van der Waals surface area (Å²) in [5, 5.41) is 20.6. The fourth-order valence-corrected chi connectivity index (χ4v) is 3.75. The molecule has 1 aromatic carbocycles. The van der Waals surface area contributed by atoms with Gasteiger partial charge in [0.1, 0.15) is 11.6 Å². The van der Waals surface area contributed by atoms with Gasteiger partial charge in [0.25, 0.3) is 5.56 Å². The summed E-state index contributed by atoms with van der Waals surface area (Å²) in [6, 6.07) is 4.61. The molecule has 9 heteroatoms. The van der Waals surface area contributed by atoms with Crippen LogP contribution in [0.15, 0.2) is 16.9 Å². The van der Waals surface area contributed by atoms with Crippen LogP contribution in [0.2, 0.25) is 10.0 Å². The zero-order valence-electron chi connectivity index (χ0n) is 18.5. The van der Waals surface area contributed by atoms with Gasteiger partial charge in [-0.15, -0.1) is 0 Å². The lowest BCUT2D eigenvalue weighted by Crippen LogP contribution is -2.27. The van der Waals surface area contributed by atoms with Crippen molar-refractivity contribution in [2.24, 2.45) is 0 Å². The van der Waals surface area contributed by atoms with E-state index in [2.05, 4.69) is 0 Å². The summed E-state index contributed by atoms with van der Waals surface area (Å²) in [6.07, 6.45) is 1.18. The van der Waals surface area contributed by atoms with E-state index in [1.165, 1.54) is 19.1 Å². The van der Waals surface area contributed by atoms with E-state index in [1.807, 2.05) is 26.8 Å². The van der Waals surface area contributed by atoms with Gasteiger partial charge in [-0.05, 0) is 51.3 Å². The molecular weight excluding hydrogens is 455 g/mol. The van der Waals surface area contributed by atoms with Crippen LogP contribution in [0.4, 0.5) is 0 Å². The van der Waals surface area contributed by atoms with E-state index in [1.54, 1.807) is 0 Å². The molecular formula is C23H26Cl2N2O5. The number of nitrogens with zero attached hydrogens (tertiary/aromatic N) is 2. The van der Waals surface area contributed by atoms with Crippen LogP contribution in [0.25, 0.3) is 0 Å². The Labute approximate surface area is 197 Å². The van der Waals surface area contributed by atoms with Crippen LogP contribution in [0.3, 0.4) is 0 Å². The number of ether oxygens (including phenoxy) is 2. The molecule has 1 N–H and O–H groups in total. The molecule has 0 fully saturated rings. The van der Waals surface area contributed by atoms with Gasteiger partial charge in [-0.3, -0.25) is 14.2 Å². The van der Waals surface area contributed by atoms with E-state index in [0.717, 1.165) is 11.0 Å². The smallest absolute Gasteiger partial charge is 0.271 e. The third kappa shape index (κ3) is 5.63. The van der Waals surface area contributed by atoms with Gasteiger partial charge in [0.15, 0.2) is 11.5 Å². The largest absolute Gasteiger partial charge is 0.494 e. The summed E-state index contributed by atoms with van der Waals surface area (Å²) in [7, 11) is 0. The van der Waals surface area contributed by atoms with E-state index in [-0.39, 0.29) is 50.7 Å². The van der Waals surface area contributed by atoms with Gasteiger partial charge in [-0.1, -0.05) is 30.1 Å². The highest BCUT2D eigenvalue weighted by Crippen LogP contribution is 2.36.